The van der Waals surface area contributed by atoms with Gasteiger partial charge in [-0.15, -0.1) is 0 Å². The van der Waals surface area contributed by atoms with E-state index < -0.39 is 0 Å². The number of hydrogen-bond donors (Lipinski definition) is 0. The normalized spacial score (nSPS) is 21.6. The van der Waals surface area contributed by atoms with Crippen LogP contribution in [0, 0.1) is 5.92 Å². The largest absolute Gasteiger partial charge is 0.381 e. The highest BCUT2D eigenvalue weighted by molar-refractivity contribution is 14.1. The molecule has 1 fully saturated rings. The average molecular weight is 367 g/mol. The molecule has 2 unspecified atom stereocenters. The Bertz CT molecular complexity index is 336. The smallest absolute Gasteiger partial charge is 0.0914 e. The fraction of sp³-hybridized carbons (Fsp3) is 0.538. The van der Waals surface area contributed by atoms with Gasteiger partial charge in [-0.05, 0) is 24.1 Å². The summed E-state index contributed by atoms with van der Waals surface area (Å²) in [5.74, 6) is 0.563. The third-order valence-corrected chi connectivity index (χ3v) is 3.99. The van der Waals surface area contributed by atoms with Crippen molar-refractivity contribution in [3.8, 4) is 0 Å². The number of rotatable bonds is 5. The molecule has 17 heavy (non-hydrogen) atoms. The topological polar surface area (TPSA) is 18.5 Å². The van der Waals surface area contributed by atoms with Gasteiger partial charge in [-0.2, -0.15) is 0 Å². The van der Waals surface area contributed by atoms with Gasteiger partial charge in [0.1, 0.15) is 0 Å². The van der Waals surface area contributed by atoms with Crippen LogP contribution in [0.5, 0.6) is 0 Å². The number of benzene rings is 1. The first kappa shape index (κ1) is 13.6. The minimum atomic E-state index is 0.161. The van der Waals surface area contributed by atoms with Crippen molar-refractivity contribution >= 4 is 34.2 Å². The molecule has 0 spiro atoms. The van der Waals surface area contributed by atoms with Crippen molar-refractivity contribution in [3.63, 3.8) is 0 Å². The summed E-state index contributed by atoms with van der Waals surface area (Å²) in [7, 11) is 0. The summed E-state index contributed by atoms with van der Waals surface area (Å²) in [6, 6.07) is 7.91. The molecular formula is C13H16ClIO2. The number of ether oxygens (including phenoxy) is 2. The number of hydrogen-bond acceptors (Lipinski definition) is 2. The maximum absolute atomic E-state index is 5.97. The molecule has 1 aromatic rings. The molecule has 1 saturated heterocycles. The molecule has 0 saturated carbocycles. The first-order chi connectivity index (χ1) is 8.29. The van der Waals surface area contributed by atoms with Crippen LogP contribution in [-0.4, -0.2) is 24.2 Å². The van der Waals surface area contributed by atoms with E-state index in [-0.39, 0.29) is 6.10 Å². The Morgan fingerprint density at radius 1 is 1.41 bits per heavy atom. The van der Waals surface area contributed by atoms with Gasteiger partial charge >= 0.3 is 0 Å². The van der Waals surface area contributed by atoms with Crippen LogP contribution in [0.2, 0.25) is 5.02 Å². The monoisotopic (exact) mass is 366 g/mol. The van der Waals surface area contributed by atoms with Crippen LogP contribution in [0.4, 0.5) is 0 Å². The third-order valence-electron chi connectivity index (χ3n) is 2.94. The minimum Gasteiger partial charge on any atom is -0.381 e. The summed E-state index contributed by atoms with van der Waals surface area (Å²) in [5, 5.41) is 0.769. The van der Waals surface area contributed by atoms with Gasteiger partial charge in [-0.3, -0.25) is 0 Å². The molecule has 1 aromatic carbocycles. The van der Waals surface area contributed by atoms with Gasteiger partial charge < -0.3 is 9.47 Å². The minimum absolute atomic E-state index is 0.161. The third kappa shape index (κ3) is 4.09. The Morgan fingerprint density at radius 3 is 2.76 bits per heavy atom. The van der Waals surface area contributed by atoms with E-state index in [2.05, 4.69) is 22.6 Å². The van der Waals surface area contributed by atoms with Crippen molar-refractivity contribution in [2.24, 2.45) is 5.92 Å². The first-order valence-corrected chi connectivity index (χ1v) is 7.70. The maximum Gasteiger partial charge on any atom is 0.0914 e. The molecule has 2 atom stereocenters. The van der Waals surface area contributed by atoms with E-state index in [9.17, 15) is 0 Å². The molecule has 4 heteroatoms. The summed E-state index contributed by atoms with van der Waals surface area (Å²) in [5.41, 5.74) is 1.20. The van der Waals surface area contributed by atoms with E-state index in [1.807, 2.05) is 24.3 Å². The Labute approximate surface area is 121 Å². The van der Waals surface area contributed by atoms with Crippen LogP contribution in [0.3, 0.4) is 0 Å². The van der Waals surface area contributed by atoms with Crippen molar-refractivity contribution in [3.05, 3.63) is 34.9 Å². The Hall–Kier alpha value is 0.160. The molecule has 0 N–H and O–H groups in total. The van der Waals surface area contributed by atoms with Crippen molar-refractivity contribution < 1.29 is 9.47 Å². The Balaban J connectivity index is 1.89. The molecule has 94 valence electrons. The Kier molecular flexibility index (Phi) is 5.53. The lowest BCUT2D eigenvalue weighted by atomic mass is 10.1. The predicted octanol–water partition coefficient (Wildman–Crippen LogP) is 3.87. The molecule has 0 amide bonds. The van der Waals surface area contributed by atoms with Crippen LogP contribution >= 0.6 is 34.2 Å². The number of alkyl halides is 1. The van der Waals surface area contributed by atoms with Gasteiger partial charge in [0, 0.05) is 22.0 Å². The second-order valence-electron chi connectivity index (χ2n) is 4.26. The standard InChI is InChI=1S/C13H16ClIO2/c14-12-3-1-11(2-4-12)13(7-15)17-9-10-5-6-16-8-10/h1-4,10,13H,5-9H2. The van der Waals surface area contributed by atoms with E-state index in [1.165, 1.54) is 5.56 Å². The molecule has 1 aliphatic heterocycles. The zero-order chi connectivity index (χ0) is 12.1. The lowest BCUT2D eigenvalue weighted by Gasteiger charge is -2.18. The summed E-state index contributed by atoms with van der Waals surface area (Å²) >= 11 is 8.24. The van der Waals surface area contributed by atoms with Crippen LogP contribution in [0.15, 0.2) is 24.3 Å². The first-order valence-electron chi connectivity index (χ1n) is 5.80. The van der Waals surface area contributed by atoms with E-state index in [4.69, 9.17) is 21.1 Å². The van der Waals surface area contributed by atoms with Crippen molar-refractivity contribution in [2.75, 3.05) is 24.2 Å². The molecule has 0 aliphatic carbocycles. The van der Waals surface area contributed by atoms with Crippen molar-refractivity contribution in [1.29, 1.82) is 0 Å². The van der Waals surface area contributed by atoms with E-state index in [1.54, 1.807) is 0 Å². The van der Waals surface area contributed by atoms with E-state index in [0.717, 1.165) is 35.7 Å². The molecule has 0 aromatic heterocycles. The second-order valence-corrected chi connectivity index (χ2v) is 5.57. The predicted molar refractivity (Wildman–Crippen MR) is 78.0 cm³/mol. The molecule has 1 heterocycles. The second kappa shape index (κ2) is 6.92. The highest BCUT2D eigenvalue weighted by Crippen LogP contribution is 2.24. The SMILES string of the molecule is Clc1ccc(C(CI)OCC2CCOC2)cc1. The van der Waals surface area contributed by atoms with Gasteiger partial charge in [-0.1, -0.05) is 46.3 Å². The summed E-state index contributed by atoms with van der Waals surface area (Å²) in [6.45, 7) is 2.51. The summed E-state index contributed by atoms with van der Waals surface area (Å²) < 4.78 is 12.3. The quantitative estimate of drug-likeness (QED) is 0.582. The summed E-state index contributed by atoms with van der Waals surface area (Å²) in [4.78, 5) is 0. The van der Waals surface area contributed by atoms with E-state index >= 15 is 0 Å². The molecule has 0 bridgehead atoms. The number of halogens is 2. The molecule has 1 aliphatic rings. The van der Waals surface area contributed by atoms with Crippen LogP contribution in [0.25, 0.3) is 0 Å². The molecular weight excluding hydrogens is 350 g/mol. The van der Waals surface area contributed by atoms with Crippen LogP contribution < -0.4 is 0 Å². The van der Waals surface area contributed by atoms with Crippen molar-refractivity contribution in [2.45, 2.75) is 12.5 Å². The average Bonchev–Trinajstić information content (AvgIpc) is 2.85. The molecule has 2 rings (SSSR count). The maximum atomic E-state index is 5.97. The van der Waals surface area contributed by atoms with Gasteiger partial charge in [0.05, 0.1) is 19.3 Å². The van der Waals surface area contributed by atoms with Gasteiger partial charge in [0.15, 0.2) is 0 Å². The van der Waals surface area contributed by atoms with Crippen LogP contribution in [0.1, 0.15) is 18.1 Å². The fourth-order valence-electron chi connectivity index (χ4n) is 1.87. The highest BCUT2D eigenvalue weighted by Gasteiger charge is 2.18. The van der Waals surface area contributed by atoms with E-state index in [0.29, 0.717) is 5.92 Å². The molecule has 0 radical (unpaired) electrons. The fourth-order valence-corrected chi connectivity index (χ4v) is 2.76. The zero-order valence-electron chi connectivity index (χ0n) is 9.57. The summed E-state index contributed by atoms with van der Waals surface area (Å²) in [6.07, 6.45) is 1.28. The molecule has 2 nitrogen and oxygen atoms in total. The highest BCUT2D eigenvalue weighted by atomic mass is 127. The van der Waals surface area contributed by atoms with Gasteiger partial charge in [0.25, 0.3) is 0 Å². The van der Waals surface area contributed by atoms with Crippen molar-refractivity contribution in [1.82, 2.24) is 0 Å². The van der Waals surface area contributed by atoms with Gasteiger partial charge in [-0.25, -0.2) is 0 Å². The Morgan fingerprint density at radius 2 is 2.18 bits per heavy atom. The van der Waals surface area contributed by atoms with Crippen LogP contribution in [-0.2, 0) is 9.47 Å². The van der Waals surface area contributed by atoms with Gasteiger partial charge in [0.2, 0.25) is 0 Å². The lowest BCUT2D eigenvalue weighted by molar-refractivity contribution is 0.0402. The lowest BCUT2D eigenvalue weighted by Crippen LogP contribution is -2.14. The zero-order valence-corrected chi connectivity index (χ0v) is 12.5.